The van der Waals surface area contributed by atoms with Crippen molar-refractivity contribution in [3.63, 3.8) is 0 Å². The molecule has 1 fully saturated rings. The maximum Gasteiger partial charge on any atom is 0.166 e. The van der Waals surface area contributed by atoms with Crippen molar-refractivity contribution in [2.75, 3.05) is 5.32 Å². The fraction of sp³-hybridized carbons (Fsp3) is 0.233. The number of pyridine rings is 2. The molecule has 5 heterocycles. The van der Waals surface area contributed by atoms with Gasteiger partial charge in [0.05, 0.1) is 28.6 Å². The number of H-pyrrole nitrogens is 2. The van der Waals surface area contributed by atoms with Gasteiger partial charge in [0, 0.05) is 35.2 Å². The number of nitrogens with one attached hydrogen (secondary N) is 3. The SMILES string of the molecule is C=C(Nc1cncc(-c2ccc3[nH]nc(-c4nc5c(-n6cnc(C)c6)nccc5[nH]4)c3c2)c1)C1CCCCC1. The summed E-state index contributed by atoms with van der Waals surface area (Å²) in [6.07, 6.45) is 15.5. The highest BCUT2D eigenvalue weighted by molar-refractivity contribution is 5.96. The van der Waals surface area contributed by atoms with Crippen LogP contribution in [0.2, 0.25) is 0 Å². The van der Waals surface area contributed by atoms with E-state index in [-0.39, 0.29) is 0 Å². The van der Waals surface area contributed by atoms with Gasteiger partial charge in [-0.05, 0) is 55.5 Å². The van der Waals surface area contributed by atoms with Crippen molar-refractivity contribution < 1.29 is 0 Å². The first-order valence-electron chi connectivity index (χ1n) is 13.4. The number of aromatic nitrogens is 8. The fourth-order valence-corrected chi connectivity index (χ4v) is 5.54. The molecule has 0 aliphatic heterocycles. The fourth-order valence-electron chi connectivity index (χ4n) is 5.54. The molecule has 1 aliphatic carbocycles. The van der Waals surface area contributed by atoms with E-state index in [0.717, 1.165) is 61.7 Å². The van der Waals surface area contributed by atoms with Crippen LogP contribution in [0.5, 0.6) is 0 Å². The third kappa shape index (κ3) is 4.35. The Labute approximate surface area is 225 Å². The maximum atomic E-state index is 4.90. The van der Waals surface area contributed by atoms with Gasteiger partial charge in [0.25, 0.3) is 0 Å². The van der Waals surface area contributed by atoms with Crippen molar-refractivity contribution in [1.29, 1.82) is 0 Å². The molecule has 7 rings (SSSR count). The van der Waals surface area contributed by atoms with Crippen LogP contribution in [0.1, 0.15) is 37.8 Å². The standard InChI is InChI=1S/C30H29N9/c1-18-16-39(17-33-18)30-28-26(10-11-32-30)35-29(36-28)27-24-13-21(8-9-25(24)37-38-27)22-12-23(15-31-14-22)34-19(2)20-6-4-3-5-7-20/h8-17,20,34H,2-7H2,1H3,(H,35,36)(H,37,38). The van der Waals surface area contributed by atoms with E-state index in [1.165, 1.54) is 32.1 Å². The van der Waals surface area contributed by atoms with Gasteiger partial charge in [-0.2, -0.15) is 5.10 Å². The second-order valence-corrected chi connectivity index (χ2v) is 10.3. The van der Waals surface area contributed by atoms with Gasteiger partial charge in [-0.25, -0.2) is 15.0 Å². The zero-order valence-corrected chi connectivity index (χ0v) is 21.8. The van der Waals surface area contributed by atoms with Crippen LogP contribution in [0.15, 0.2) is 73.7 Å². The molecular formula is C30H29N9. The van der Waals surface area contributed by atoms with Crippen LogP contribution in [-0.2, 0) is 0 Å². The van der Waals surface area contributed by atoms with E-state index in [1.807, 2.05) is 42.2 Å². The van der Waals surface area contributed by atoms with Gasteiger partial charge in [-0.3, -0.25) is 14.6 Å². The van der Waals surface area contributed by atoms with Crippen molar-refractivity contribution in [3.05, 3.63) is 79.4 Å². The molecule has 5 aromatic heterocycles. The number of nitrogens with zero attached hydrogens (tertiary/aromatic N) is 6. The molecule has 3 N–H and O–H groups in total. The Morgan fingerprint density at radius 2 is 1.92 bits per heavy atom. The molecule has 0 unspecified atom stereocenters. The summed E-state index contributed by atoms with van der Waals surface area (Å²) in [4.78, 5) is 21.7. The van der Waals surface area contributed by atoms with Gasteiger partial charge in [0.2, 0.25) is 0 Å². The summed E-state index contributed by atoms with van der Waals surface area (Å²) in [5.74, 6) is 1.93. The Hall–Kier alpha value is -4.79. The van der Waals surface area contributed by atoms with E-state index in [4.69, 9.17) is 4.98 Å². The molecule has 0 spiro atoms. The van der Waals surface area contributed by atoms with Crippen LogP contribution in [0, 0.1) is 12.8 Å². The van der Waals surface area contributed by atoms with Crippen LogP contribution in [0.3, 0.4) is 0 Å². The first-order valence-corrected chi connectivity index (χ1v) is 13.4. The summed E-state index contributed by atoms with van der Waals surface area (Å²) >= 11 is 0. The number of benzene rings is 1. The van der Waals surface area contributed by atoms with Gasteiger partial charge in [0.1, 0.15) is 17.5 Å². The van der Waals surface area contributed by atoms with Crippen LogP contribution >= 0.6 is 0 Å². The molecular weight excluding hydrogens is 486 g/mol. The average Bonchev–Trinajstić information content (AvgIpc) is 3.71. The van der Waals surface area contributed by atoms with Crippen molar-refractivity contribution in [2.45, 2.75) is 39.0 Å². The smallest absolute Gasteiger partial charge is 0.166 e. The highest BCUT2D eigenvalue weighted by Crippen LogP contribution is 2.33. The Morgan fingerprint density at radius 3 is 2.77 bits per heavy atom. The molecule has 1 saturated carbocycles. The zero-order chi connectivity index (χ0) is 26.3. The van der Waals surface area contributed by atoms with Crippen molar-refractivity contribution >= 4 is 27.6 Å². The Kier molecular flexibility index (Phi) is 5.69. The highest BCUT2D eigenvalue weighted by Gasteiger charge is 2.18. The van der Waals surface area contributed by atoms with E-state index in [1.54, 1.807) is 12.5 Å². The van der Waals surface area contributed by atoms with Crippen molar-refractivity contribution in [1.82, 2.24) is 39.7 Å². The third-order valence-electron chi connectivity index (χ3n) is 7.60. The summed E-state index contributed by atoms with van der Waals surface area (Å²) in [6.45, 7) is 6.28. The lowest BCUT2D eigenvalue weighted by Gasteiger charge is -2.24. The van der Waals surface area contributed by atoms with Crippen LogP contribution < -0.4 is 5.32 Å². The van der Waals surface area contributed by atoms with Gasteiger partial charge in [-0.1, -0.05) is 31.9 Å². The van der Waals surface area contributed by atoms with Crippen LogP contribution in [0.4, 0.5) is 5.69 Å². The Balaban J connectivity index is 1.22. The molecule has 6 aromatic rings. The first kappa shape index (κ1) is 23.3. The van der Waals surface area contributed by atoms with Crippen LogP contribution in [-0.4, -0.2) is 39.7 Å². The normalized spacial score (nSPS) is 14.3. The average molecular weight is 516 g/mol. The number of imidazole rings is 2. The monoisotopic (exact) mass is 515 g/mol. The van der Waals surface area contributed by atoms with E-state index in [9.17, 15) is 0 Å². The van der Waals surface area contributed by atoms with E-state index in [0.29, 0.717) is 11.7 Å². The van der Waals surface area contributed by atoms with Gasteiger partial charge >= 0.3 is 0 Å². The Morgan fingerprint density at radius 1 is 1.03 bits per heavy atom. The second kappa shape index (κ2) is 9.50. The molecule has 0 bridgehead atoms. The molecule has 0 atom stereocenters. The zero-order valence-electron chi connectivity index (χ0n) is 21.8. The van der Waals surface area contributed by atoms with Gasteiger partial charge in [-0.15, -0.1) is 0 Å². The van der Waals surface area contributed by atoms with Crippen molar-refractivity contribution in [2.24, 2.45) is 5.92 Å². The quantitative estimate of drug-likeness (QED) is 0.231. The summed E-state index contributed by atoms with van der Waals surface area (Å²) in [6, 6.07) is 10.3. The molecule has 194 valence electrons. The minimum absolute atomic E-state index is 0.532. The minimum atomic E-state index is 0.532. The van der Waals surface area contributed by atoms with E-state index >= 15 is 0 Å². The minimum Gasteiger partial charge on any atom is -0.358 e. The largest absolute Gasteiger partial charge is 0.358 e. The molecule has 1 aliphatic rings. The molecule has 0 amide bonds. The molecule has 39 heavy (non-hydrogen) atoms. The lowest BCUT2D eigenvalue weighted by Crippen LogP contribution is -2.14. The summed E-state index contributed by atoms with van der Waals surface area (Å²) in [5, 5.41) is 12.3. The molecule has 0 saturated heterocycles. The number of rotatable bonds is 6. The lowest BCUT2D eigenvalue weighted by atomic mass is 9.87. The van der Waals surface area contributed by atoms with Gasteiger partial charge in [0.15, 0.2) is 11.6 Å². The maximum absolute atomic E-state index is 4.90. The predicted octanol–water partition coefficient (Wildman–Crippen LogP) is 6.56. The third-order valence-corrected chi connectivity index (χ3v) is 7.60. The Bertz CT molecular complexity index is 1820. The molecule has 1 aromatic carbocycles. The van der Waals surface area contributed by atoms with Crippen LogP contribution in [0.25, 0.3) is 50.4 Å². The second-order valence-electron chi connectivity index (χ2n) is 10.3. The first-order chi connectivity index (χ1) is 19.1. The predicted molar refractivity (Wildman–Crippen MR) is 153 cm³/mol. The number of hydrogen-bond acceptors (Lipinski definition) is 6. The summed E-state index contributed by atoms with van der Waals surface area (Å²) in [5.41, 5.74) is 8.38. The number of aromatic amines is 2. The lowest BCUT2D eigenvalue weighted by molar-refractivity contribution is 0.405. The molecule has 9 heteroatoms. The number of allylic oxidation sites excluding steroid dienone is 1. The van der Waals surface area contributed by atoms with Crippen molar-refractivity contribution in [3.8, 4) is 28.5 Å². The van der Waals surface area contributed by atoms with E-state index < -0.39 is 0 Å². The summed E-state index contributed by atoms with van der Waals surface area (Å²) in [7, 11) is 0. The summed E-state index contributed by atoms with van der Waals surface area (Å²) < 4.78 is 1.89. The van der Waals surface area contributed by atoms with Gasteiger partial charge < -0.3 is 10.3 Å². The topological polar surface area (TPSA) is 113 Å². The number of anilines is 1. The molecule has 9 nitrogen and oxygen atoms in total. The molecule has 0 radical (unpaired) electrons. The number of aryl methyl sites for hydroxylation is 1. The number of hydrogen-bond donors (Lipinski definition) is 3. The number of fused-ring (bicyclic) bond motifs is 2. The highest BCUT2D eigenvalue weighted by atomic mass is 15.2. The van der Waals surface area contributed by atoms with E-state index in [2.05, 4.69) is 60.2 Å².